The highest BCUT2D eigenvalue weighted by Gasteiger charge is 2.63. The number of hydrogen-bond acceptors (Lipinski definition) is 5. The summed E-state index contributed by atoms with van der Waals surface area (Å²) >= 11 is 0. The third-order valence-corrected chi connectivity index (χ3v) is 5.07. The summed E-state index contributed by atoms with van der Waals surface area (Å²) < 4.78 is 50.7. The largest absolute Gasteiger partial charge is 0.416 e. The van der Waals surface area contributed by atoms with Crippen molar-refractivity contribution in [2.45, 2.75) is 36.3 Å². The van der Waals surface area contributed by atoms with Crippen molar-refractivity contribution in [1.82, 2.24) is 9.97 Å². The monoisotopic (exact) mass is 366 g/mol. The van der Waals surface area contributed by atoms with Crippen molar-refractivity contribution in [3.05, 3.63) is 59.7 Å². The Morgan fingerprint density at radius 2 is 1.77 bits per heavy atom. The number of aliphatic hydroxyl groups excluding tert-OH is 1. The molecule has 3 heterocycles. The zero-order valence-corrected chi connectivity index (χ0v) is 13.7. The first-order valence-electron chi connectivity index (χ1n) is 8.25. The van der Waals surface area contributed by atoms with Gasteiger partial charge in [0, 0.05) is 25.2 Å². The van der Waals surface area contributed by atoms with Crippen molar-refractivity contribution in [3.63, 3.8) is 0 Å². The van der Waals surface area contributed by atoms with E-state index >= 15 is 0 Å². The summed E-state index contributed by atoms with van der Waals surface area (Å²) in [5, 5.41) is 11.0. The highest BCUT2D eigenvalue weighted by molar-refractivity contribution is 5.34. The number of rotatable bonds is 3. The molecule has 1 saturated heterocycles. The quantitative estimate of drug-likeness (QED) is 0.905. The molecule has 2 aromatic rings. The third-order valence-electron chi connectivity index (χ3n) is 5.07. The van der Waals surface area contributed by atoms with Crippen molar-refractivity contribution < 1.29 is 27.8 Å². The van der Waals surface area contributed by atoms with Crippen molar-refractivity contribution in [1.29, 1.82) is 0 Å². The first kappa shape index (κ1) is 17.4. The van der Waals surface area contributed by atoms with Crippen molar-refractivity contribution in [2.24, 2.45) is 0 Å². The smallest absolute Gasteiger partial charge is 0.386 e. The van der Waals surface area contributed by atoms with Gasteiger partial charge in [-0.2, -0.15) is 13.2 Å². The summed E-state index contributed by atoms with van der Waals surface area (Å²) in [7, 11) is 0. The van der Waals surface area contributed by atoms with Gasteiger partial charge in [-0.25, -0.2) is 0 Å². The van der Waals surface area contributed by atoms with E-state index in [2.05, 4.69) is 9.97 Å². The zero-order valence-electron chi connectivity index (χ0n) is 13.7. The predicted octanol–water partition coefficient (Wildman–Crippen LogP) is 3.00. The highest BCUT2D eigenvalue weighted by atomic mass is 19.4. The van der Waals surface area contributed by atoms with Crippen molar-refractivity contribution in [3.8, 4) is 0 Å². The molecule has 5 nitrogen and oxygen atoms in total. The van der Waals surface area contributed by atoms with Gasteiger partial charge in [-0.05, 0) is 24.3 Å². The van der Waals surface area contributed by atoms with E-state index in [4.69, 9.17) is 9.47 Å². The average Bonchev–Trinajstić information content (AvgIpc) is 3.09. The topological polar surface area (TPSA) is 64.5 Å². The standard InChI is InChI=1S/C18H17F3N2O3/c19-18(20,21)12-4-6-23-14(9-12)16(10-17(11-16)25-7-8-26-17)15(24)13-3-1-2-5-22-13/h1-6,9,15,24H,7-8,10-11H2. The lowest BCUT2D eigenvalue weighted by molar-refractivity contribution is -0.258. The van der Waals surface area contributed by atoms with Gasteiger partial charge in [-0.3, -0.25) is 9.97 Å². The molecule has 2 fully saturated rings. The molecule has 1 aliphatic carbocycles. The van der Waals surface area contributed by atoms with Gasteiger partial charge >= 0.3 is 6.18 Å². The summed E-state index contributed by atoms with van der Waals surface area (Å²) in [4.78, 5) is 8.31. The molecular formula is C18H17F3N2O3. The second-order valence-electron chi connectivity index (χ2n) is 6.70. The van der Waals surface area contributed by atoms with Gasteiger partial charge in [0.2, 0.25) is 0 Å². The summed E-state index contributed by atoms with van der Waals surface area (Å²) in [6.45, 7) is 0.845. The average molecular weight is 366 g/mol. The summed E-state index contributed by atoms with van der Waals surface area (Å²) in [6, 6.07) is 6.98. The number of halogens is 3. The number of pyridine rings is 2. The van der Waals surface area contributed by atoms with Gasteiger partial charge in [-0.15, -0.1) is 0 Å². The van der Waals surface area contributed by atoms with Gasteiger partial charge < -0.3 is 14.6 Å². The summed E-state index contributed by atoms with van der Waals surface area (Å²) in [5.41, 5.74) is -1.32. The minimum absolute atomic E-state index is 0.162. The lowest BCUT2D eigenvalue weighted by atomic mass is 9.58. The Kier molecular flexibility index (Phi) is 4.02. The lowest BCUT2D eigenvalue weighted by Gasteiger charge is -2.54. The number of ether oxygens (including phenoxy) is 2. The Balaban J connectivity index is 1.75. The van der Waals surface area contributed by atoms with Gasteiger partial charge in [0.1, 0.15) is 6.10 Å². The van der Waals surface area contributed by atoms with Gasteiger partial charge in [-0.1, -0.05) is 6.07 Å². The van der Waals surface area contributed by atoms with Crippen LogP contribution in [0.2, 0.25) is 0 Å². The first-order chi connectivity index (χ1) is 12.3. The van der Waals surface area contributed by atoms with Crippen LogP contribution in [0.5, 0.6) is 0 Å². The van der Waals surface area contributed by atoms with Crippen LogP contribution in [0, 0.1) is 0 Å². The van der Waals surface area contributed by atoms with Crippen LogP contribution in [0.4, 0.5) is 13.2 Å². The molecule has 1 spiro atoms. The van der Waals surface area contributed by atoms with Crippen LogP contribution in [0.1, 0.15) is 35.9 Å². The molecule has 8 heteroatoms. The maximum Gasteiger partial charge on any atom is 0.416 e. The van der Waals surface area contributed by atoms with Crippen LogP contribution in [-0.2, 0) is 21.1 Å². The Hall–Kier alpha value is -2.03. The predicted molar refractivity (Wildman–Crippen MR) is 84.0 cm³/mol. The minimum atomic E-state index is -4.49. The molecule has 1 N–H and O–H groups in total. The lowest BCUT2D eigenvalue weighted by Crippen LogP contribution is -2.58. The van der Waals surface area contributed by atoms with Gasteiger partial charge in [0.15, 0.2) is 5.79 Å². The van der Waals surface area contributed by atoms with E-state index in [1.807, 2.05) is 0 Å². The molecule has 1 aliphatic heterocycles. The molecule has 0 amide bonds. The van der Waals surface area contributed by atoms with E-state index in [-0.39, 0.29) is 18.5 Å². The molecular weight excluding hydrogens is 349 g/mol. The Morgan fingerprint density at radius 3 is 2.38 bits per heavy atom. The summed E-state index contributed by atoms with van der Waals surface area (Å²) in [5.74, 6) is -0.869. The Morgan fingerprint density at radius 1 is 1.04 bits per heavy atom. The second kappa shape index (κ2) is 6.00. The van der Waals surface area contributed by atoms with E-state index < -0.39 is 29.0 Å². The maximum absolute atomic E-state index is 13.1. The zero-order chi connectivity index (χ0) is 18.4. The molecule has 0 aromatic carbocycles. The second-order valence-corrected chi connectivity index (χ2v) is 6.70. The fraction of sp³-hybridized carbons (Fsp3) is 0.444. The summed E-state index contributed by atoms with van der Waals surface area (Å²) in [6.07, 6.45) is -2.54. The Bertz CT molecular complexity index is 784. The molecule has 0 radical (unpaired) electrons. The number of nitrogens with zero attached hydrogens (tertiary/aromatic N) is 2. The fourth-order valence-electron chi connectivity index (χ4n) is 3.83. The van der Waals surface area contributed by atoms with Gasteiger partial charge in [0.05, 0.1) is 35.6 Å². The van der Waals surface area contributed by atoms with Crippen LogP contribution in [0.3, 0.4) is 0 Å². The number of hydrogen-bond donors (Lipinski definition) is 1. The molecule has 2 aliphatic rings. The van der Waals surface area contributed by atoms with Crippen LogP contribution < -0.4 is 0 Å². The molecule has 0 bridgehead atoms. The van der Waals surface area contributed by atoms with E-state index in [1.54, 1.807) is 18.2 Å². The molecule has 26 heavy (non-hydrogen) atoms. The number of aliphatic hydroxyl groups is 1. The molecule has 138 valence electrons. The van der Waals surface area contributed by atoms with Crippen LogP contribution in [-0.4, -0.2) is 34.1 Å². The van der Waals surface area contributed by atoms with Crippen LogP contribution in [0.25, 0.3) is 0 Å². The fourth-order valence-corrected chi connectivity index (χ4v) is 3.83. The van der Waals surface area contributed by atoms with Crippen molar-refractivity contribution >= 4 is 0 Å². The van der Waals surface area contributed by atoms with Crippen molar-refractivity contribution in [2.75, 3.05) is 13.2 Å². The maximum atomic E-state index is 13.1. The molecule has 1 unspecified atom stereocenters. The van der Waals surface area contributed by atoms with E-state index in [0.717, 1.165) is 18.3 Å². The van der Waals surface area contributed by atoms with E-state index in [9.17, 15) is 18.3 Å². The SMILES string of the molecule is OC(c1ccccn1)C1(c2cc(C(F)(F)F)ccn2)CC2(C1)OCCO2. The normalized spacial score (nSPS) is 22.2. The van der Waals surface area contributed by atoms with E-state index in [1.165, 1.54) is 6.20 Å². The molecule has 4 rings (SSSR count). The van der Waals surface area contributed by atoms with Gasteiger partial charge in [0.25, 0.3) is 0 Å². The number of aromatic nitrogens is 2. The van der Waals surface area contributed by atoms with E-state index in [0.29, 0.717) is 18.9 Å². The molecule has 1 saturated carbocycles. The number of alkyl halides is 3. The highest BCUT2D eigenvalue weighted by Crippen LogP contribution is 2.59. The first-order valence-corrected chi connectivity index (χ1v) is 8.25. The minimum Gasteiger partial charge on any atom is -0.386 e. The molecule has 1 atom stereocenters. The molecule has 2 aromatic heterocycles. The third kappa shape index (κ3) is 2.78. The Labute approximate surface area is 147 Å². The van der Waals surface area contributed by atoms with Crippen LogP contribution >= 0.6 is 0 Å². The van der Waals surface area contributed by atoms with Crippen LogP contribution in [0.15, 0.2) is 42.7 Å².